The molecule has 0 amide bonds. The number of hydrogen-bond acceptors (Lipinski definition) is 1. The van der Waals surface area contributed by atoms with E-state index in [2.05, 4.69) is 0 Å². The zero-order chi connectivity index (χ0) is 4.12. The predicted octanol–water partition coefficient (Wildman–Crippen LogP) is -0.198. The Labute approximate surface area is 57.2 Å². The standard InChI is InChI=1S/C4H8O.Bi.3H/c1-2-3-4-5;;;;/h4H,2-3H2,1H3;;;;. The summed E-state index contributed by atoms with van der Waals surface area (Å²) in [6, 6.07) is 0. The second kappa shape index (κ2) is 9.12. The van der Waals surface area contributed by atoms with E-state index in [-0.39, 0.29) is 26.2 Å². The first-order chi connectivity index (χ1) is 2.41. The van der Waals surface area contributed by atoms with Crippen molar-refractivity contribution in [3.8, 4) is 0 Å². The van der Waals surface area contributed by atoms with E-state index < -0.39 is 0 Å². The van der Waals surface area contributed by atoms with E-state index in [0.29, 0.717) is 6.42 Å². The van der Waals surface area contributed by atoms with Crippen LogP contribution in [0.2, 0.25) is 0 Å². The van der Waals surface area contributed by atoms with Crippen LogP contribution in [0.15, 0.2) is 0 Å². The molecule has 0 aliphatic heterocycles. The summed E-state index contributed by atoms with van der Waals surface area (Å²) in [5, 5.41) is 0. The van der Waals surface area contributed by atoms with Gasteiger partial charge in [-0.1, -0.05) is 6.92 Å². The van der Waals surface area contributed by atoms with Gasteiger partial charge in [0.15, 0.2) is 0 Å². The van der Waals surface area contributed by atoms with Crippen molar-refractivity contribution in [2.45, 2.75) is 19.8 Å². The first-order valence-electron chi connectivity index (χ1n) is 1.85. The molecule has 0 aromatic rings. The van der Waals surface area contributed by atoms with Crippen molar-refractivity contribution < 1.29 is 4.79 Å². The summed E-state index contributed by atoms with van der Waals surface area (Å²) >= 11 is 0. The van der Waals surface area contributed by atoms with Gasteiger partial charge >= 0.3 is 26.2 Å². The van der Waals surface area contributed by atoms with Gasteiger partial charge in [0, 0.05) is 6.42 Å². The van der Waals surface area contributed by atoms with Gasteiger partial charge in [-0.3, -0.25) is 0 Å². The van der Waals surface area contributed by atoms with E-state index in [1.807, 2.05) is 6.92 Å². The van der Waals surface area contributed by atoms with Gasteiger partial charge in [-0.05, 0) is 6.42 Å². The molecule has 0 fully saturated rings. The molecule has 0 aromatic carbocycles. The number of carbonyl (C=O) groups is 1. The molecule has 38 valence electrons. The summed E-state index contributed by atoms with van der Waals surface area (Å²) in [4.78, 5) is 9.40. The molecule has 0 atom stereocenters. The summed E-state index contributed by atoms with van der Waals surface area (Å²) in [7, 11) is 0. The molecule has 0 aromatic heterocycles. The summed E-state index contributed by atoms with van der Waals surface area (Å²) < 4.78 is 0. The molecular weight excluding hydrogens is 273 g/mol. The van der Waals surface area contributed by atoms with E-state index in [1.165, 1.54) is 0 Å². The molecule has 0 aliphatic carbocycles. The zero-order valence-corrected chi connectivity index (χ0v) is 9.60. The summed E-state index contributed by atoms with van der Waals surface area (Å²) in [6.07, 6.45) is 2.61. The van der Waals surface area contributed by atoms with E-state index in [9.17, 15) is 4.79 Å². The van der Waals surface area contributed by atoms with Gasteiger partial charge in [-0.25, -0.2) is 0 Å². The van der Waals surface area contributed by atoms with Gasteiger partial charge in [0.2, 0.25) is 0 Å². The van der Waals surface area contributed by atoms with Crippen LogP contribution in [0.25, 0.3) is 0 Å². The molecule has 0 saturated carbocycles. The Morgan fingerprint density at radius 2 is 2.17 bits per heavy atom. The third-order valence-electron chi connectivity index (χ3n) is 0.407. The average molecular weight is 284 g/mol. The van der Waals surface area contributed by atoms with Crippen LogP contribution in [0.4, 0.5) is 0 Å². The van der Waals surface area contributed by atoms with Crippen molar-refractivity contribution in [1.82, 2.24) is 0 Å². The van der Waals surface area contributed by atoms with Gasteiger partial charge < -0.3 is 4.79 Å². The number of rotatable bonds is 2. The molecule has 0 spiro atoms. The number of carbonyl (C=O) groups excluding carboxylic acids is 1. The van der Waals surface area contributed by atoms with Crippen molar-refractivity contribution in [2.24, 2.45) is 0 Å². The fourth-order valence-corrected chi connectivity index (χ4v) is 0.118. The van der Waals surface area contributed by atoms with Crippen LogP contribution in [0.3, 0.4) is 0 Å². The first kappa shape index (κ1) is 9.75. The van der Waals surface area contributed by atoms with Crippen molar-refractivity contribution in [3.63, 3.8) is 0 Å². The summed E-state index contributed by atoms with van der Waals surface area (Å²) in [5.74, 6) is 0. The normalized spacial score (nSPS) is 6.17. The Hall–Kier alpha value is 0.553. The fraction of sp³-hybridized carbons (Fsp3) is 0.750. The number of aldehydes is 1. The van der Waals surface area contributed by atoms with Crippen LogP contribution in [0, 0.1) is 0 Å². The van der Waals surface area contributed by atoms with Gasteiger partial charge in [0.05, 0.1) is 0 Å². The molecule has 0 N–H and O–H groups in total. The molecular formula is C4H11BiO. The quantitative estimate of drug-likeness (QED) is 0.507. The molecule has 0 heterocycles. The molecule has 0 saturated heterocycles. The molecule has 6 heavy (non-hydrogen) atoms. The molecule has 1 nitrogen and oxygen atoms in total. The predicted molar refractivity (Wildman–Crippen MR) is 30.9 cm³/mol. The van der Waals surface area contributed by atoms with E-state index in [4.69, 9.17) is 0 Å². The Bertz CT molecular complexity index is 28.7. The second-order valence-electron chi connectivity index (χ2n) is 0.955. The molecule has 0 rings (SSSR count). The Kier molecular flexibility index (Phi) is 14.8. The SMILES string of the molecule is CCCC=O.[BiH3]. The number of unbranched alkanes of at least 4 members (excludes halogenated alkanes) is 1. The summed E-state index contributed by atoms with van der Waals surface area (Å²) in [5.41, 5.74) is 0. The topological polar surface area (TPSA) is 17.1 Å². The molecule has 0 unspecified atom stereocenters. The Balaban J connectivity index is 0. The van der Waals surface area contributed by atoms with Crippen LogP contribution in [0.5, 0.6) is 0 Å². The Morgan fingerprint density at radius 1 is 1.67 bits per heavy atom. The maximum atomic E-state index is 9.40. The first-order valence-corrected chi connectivity index (χ1v) is 1.85. The Morgan fingerprint density at radius 3 is 2.17 bits per heavy atom. The van der Waals surface area contributed by atoms with Crippen molar-refractivity contribution in [3.05, 3.63) is 0 Å². The van der Waals surface area contributed by atoms with Crippen LogP contribution < -0.4 is 0 Å². The zero-order valence-electron chi connectivity index (χ0n) is 4.11. The molecule has 0 bridgehead atoms. The monoisotopic (exact) mass is 284 g/mol. The second-order valence-corrected chi connectivity index (χ2v) is 0.955. The van der Waals surface area contributed by atoms with Gasteiger partial charge in [0.1, 0.15) is 6.29 Å². The van der Waals surface area contributed by atoms with Crippen LogP contribution >= 0.6 is 0 Å². The van der Waals surface area contributed by atoms with Crippen molar-refractivity contribution >= 4 is 32.5 Å². The van der Waals surface area contributed by atoms with Crippen LogP contribution in [-0.2, 0) is 4.79 Å². The minimum atomic E-state index is 0. The van der Waals surface area contributed by atoms with Crippen molar-refractivity contribution in [1.29, 1.82) is 0 Å². The maximum absolute atomic E-state index is 9.40. The van der Waals surface area contributed by atoms with Gasteiger partial charge in [-0.15, -0.1) is 0 Å². The van der Waals surface area contributed by atoms with Gasteiger partial charge in [-0.2, -0.15) is 0 Å². The van der Waals surface area contributed by atoms with Crippen LogP contribution in [0.1, 0.15) is 19.8 Å². The third-order valence-corrected chi connectivity index (χ3v) is 0.407. The molecule has 0 aliphatic rings. The molecule has 2 heteroatoms. The third kappa shape index (κ3) is 8.82. The summed E-state index contributed by atoms with van der Waals surface area (Å²) in [6.45, 7) is 1.98. The number of hydrogen-bond donors (Lipinski definition) is 0. The van der Waals surface area contributed by atoms with Gasteiger partial charge in [0.25, 0.3) is 0 Å². The minimum absolute atomic E-state index is 0. The van der Waals surface area contributed by atoms with E-state index in [1.54, 1.807) is 0 Å². The fourth-order valence-electron chi connectivity index (χ4n) is 0.118. The molecule has 0 radical (unpaired) electrons. The van der Waals surface area contributed by atoms with Crippen LogP contribution in [-0.4, -0.2) is 32.5 Å². The van der Waals surface area contributed by atoms with E-state index >= 15 is 0 Å². The average Bonchev–Trinajstić information content (AvgIpc) is 1.41. The van der Waals surface area contributed by atoms with Crippen molar-refractivity contribution in [2.75, 3.05) is 0 Å². The van der Waals surface area contributed by atoms with E-state index in [0.717, 1.165) is 12.7 Å².